The fourth-order valence-electron chi connectivity index (χ4n) is 3.84. The minimum Gasteiger partial charge on any atom is -0.497 e. The first kappa shape index (κ1) is 20.7. The molecule has 1 heterocycles. The number of benzene rings is 3. The predicted octanol–water partition coefficient (Wildman–Crippen LogP) is 4.29. The fourth-order valence-corrected chi connectivity index (χ4v) is 4.11. The Morgan fingerprint density at radius 3 is 2.45 bits per heavy atom. The molecule has 31 heavy (non-hydrogen) atoms. The summed E-state index contributed by atoms with van der Waals surface area (Å²) in [6, 6.07) is 18.7. The second kappa shape index (κ2) is 8.65. The van der Waals surface area contributed by atoms with E-state index in [9.17, 15) is 4.79 Å². The molecule has 0 fully saturated rings. The molecule has 1 aliphatic heterocycles. The maximum atomic E-state index is 13.4. The van der Waals surface area contributed by atoms with Crippen LogP contribution in [-0.2, 0) is 4.79 Å². The van der Waals surface area contributed by atoms with Crippen LogP contribution in [0.2, 0.25) is 0 Å². The zero-order valence-corrected chi connectivity index (χ0v) is 18.3. The van der Waals surface area contributed by atoms with E-state index in [0.717, 1.165) is 22.1 Å². The molecule has 0 saturated heterocycles. The fraction of sp³-hybridized carbons (Fsp3) is 0.167. The van der Waals surface area contributed by atoms with Gasteiger partial charge in [-0.05, 0) is 60.2 Å². The highest BCUT2D eigenvalue weighted by Crippen LogP contribution is 2.38. The smallest absolute Gasteiger partial charge is 0.255 e. The lowest BCUT2D eigenvalue weighted by Gasteiger charge is -2.32. The van der Waals surface area contributed by atoms with Crippen molar-refractivity contribution in [3.05, 3.63) is 77.5 Å². The van der Waals surface area contributed by atoms with E-state index < -0.39 is 6.04 Å². The van der Waals surface area contributed by atoms with Crippen molar-refractivity contribution < 1.29 is 14.3 Å². The average Bonchev–Trinajstić information content (AvgIpc) is 2.78. The molecular weight excluding hydrogens is 410 g/mol. The van der Waals surface area contributed by atoms with Crippen molar-refractivity contribution in [2.75, 3.05) is 19.5 Å². The maximum Gasteiger partial charge on any atom is 0.255 e. The first-order chi connectivity index (χ1) is 15.0. The van der Waals surface area contributed by atoms with E-state index in [4.69, 9.17) is 21.7 Å². The topological polar surface area (TPSA) is 71.6 Å². The Morgan fingerprint density at radius 2 is 1.74 bits per heavy atom. The molecule has 4 rings (SSSR count). The second-order valence-corrected chi connectivity index (χ2v) is 7.56. The number of carbonyl (C=O) groups excluding carboxylic acids is 1. The summed E-state index contributed by atoms with van der Waals surface area (Å²) in [5, 5.41) is 11.8. The number of hydrogen-bond acceptors (Lipinski definition) is 4. The lowest BCUT2D eigenvalue weighted by molar-refractivity contribution is -0.113. The minimum absolute atomic E-state index is 0.231. The lowest BCUT2D eigenvalue weighted by Crippen LogP contribution is -2.46. The van der Waals surface area contributed by atoms with Gasteiger partial charge in [0, 0.05) is 16.9 Å². The summed E-state index contributed by atoms with van der Waals surface area (Å²) in [5.74, 6) is 1.17. The number of fused-ring (bicyclic) bond motifs is 1. The van der Waals surface area contributed by atoms with Gasteiger partial charge < -0.3 is 25.4 Å². The maximum absolute atomic E-state index is 13.4. The molecule has 3 N–H and O–H groups in total. The van der Waals surface area contributed by atoms with E-state index in [0.29, 0.717) is 27.8 Å². The molecule has 0 saturated carbocycles. The molecule has 3 aromatic carbocycles. The van der Waals surface area contributed by atoms with Crippen molar-refractivity contribution in [1.82, 2.24) is 10.6 Å². The van der Waals surface area contributed by atoms with Gasteiger partial charge in [0.25, 0.3) is 5.91 Å². The number of allylic oxidation sites excluding steroid dienone is 1. The molecule has 3 aromatic rings. The molecular formula is C24H23N3O3S. The first-order valence-corrected chi connectivity index (χ1v) is 10.2. The highest BCUT2D eigenvalue weighted by molar-refractivity contribution is 7.80. The van der Waals surface area contributed by atoms with Crippen LogP contribution in [0, 0.1) is 0 Å². The SMILES string of the molecule is COc1ccc(NC(=O)C2=C(C)NC(=S)N[C@@H]2c2c(OC)ccc3ccccc23)cc1. The van der Waals surface area contributed by atoms with Crippen LogP contribution in [0.4, 0.5) is 5.69 Å². The van der Waals surface area contributed by atoms with Gasteiger partial charge in [-0.2, -0.15) is 0 Å². The van der Waals surface area contributed by atoms with Crippen molar-refractivity contribution in [1.29, 1.82) is 0 Å². The molecule has 0 bridgehead atoms. The van der Waals surface area contributed by atoms with Gasteiger partial charge in [-0.15, -0.1) is 0 Å². The molecule has 7 heteroatoms. The van der Waals surface area contributed by atoms with E-state index in [1.807, 2.05) is 43.3 Å². The van der Waals surface area contributed by atoms with E-state index in [1.165, 1.54) is 0 Å². The molecule has 158 valence electrons. The lowest BCUT2D eigenvalue weighted by atomic mass is 9.90. The zero-order chi connectivity index (χ0) is 22.0. The van der Waals surface area contributed by atoms with Gasteiger partial charge >= 0.3 is 0 Å². The van der Waals surface area contributed by atoms with Crippen LogP contribution in [-0.4, -0.2) is 25.2 Å². The highest BCUT2D eigenvalue weighted by atomic mass is 32.1. The number of carbonyl (C=O) groups is 1. The van der Waals surface area contributed by atoms with Crippen molar-refractivity contribution >= 4 is 39.7 Å². The van der Waals surface area contributed by atoms with Crippen molar-refractivity contribution in [2.45, 2.75) is 13.0 Å². The van der Waals surface area contributed by atoms with Crippen LogP contribution >= 0.6 is 12.2 Å². The monoisotopic (exact) mass is 433 g/mol. The largest absolute Gasteiger partial charge is 0.497 e. The number of amides is 1. The Kier molecular flexibility index (Phi) is 5.77. The highest BCUT2D eigenvalue weighted by Gasteiger charge is 2.33. The van der Waals surface area contributed by atoms with Gasteiger partial charge in [0.05, 0.1) is 25.8 Å². The van der Waals surface area contributed by atoms with Crippen molar-refractivity contribution in [3.63, 3.8) is 0 Å². The number of methoxy groups -OCH3 is 2. The minimum atomic E-state index is -0.479. The summed E-state index contributed by atoms with van der Waals surface area (Å²) in [6.07, 6.45) is 0. The van der Waals surface area contributed by atoms with E-state index in [1.54, 1.807) is 38.5 Å². The number of anilines is 1. The summed E-state index contributed by atoms with van der Waals surface area (Å²) in [5.41, 5.74) is 2.76. The molecule has 1 aliphatic rings. The Balaban J connectivity index is 1.79. The average molecular weight is 434 g/mol. The molecule has 0 unspecified atom stereocenters. The molecule has 6 nitrogen and oxygen atoms in total. The summed E-state index contributed by atoms with van der Waals surface area (Å²) in [4.78, 5) is 13.4. The van der Waals surface area contributed by atoms with Crippen LogP contribution in [0.3, 0.4) is 0 Å². The molecule has 0 aliphatic carbocycles. The van der Waals surface area contributed by atoms with Gasteiger partial charge in [0.15, 0.2) is 5.11 Å². The Bertz CT molecular complexity index is 1190. The number of thiocarbonyl (C=S) groups is 1. The van der Waals surface area contributed by atoms with Crippen LogP contribution in [0.15, 0.2) is 71.9 Å². The summed E-state index contributed by atoms with van der Waals surface area (Å²) < 4.78 is 10.9. The summed E-state index contributed by atoms with van der Waals surface area (Å²) in [7, 11) is 3.23. The second-order valence-electron chi connectivity index (χ2n) is 7.16. The first-order valence-electron chi connectivity index (χ1n) is 9.81. The van der Waals surface area contributed by atoms with E-state index in [-0.39, 0.29) is 5.91 Å². The molecule has 0 aromatic heterocycles. The molecule has 0 radical (unpaired) electrons. The number of rotatable bonds is 5. The van der Waals surface area contributed by atoms with Crippen molar-refractivity contribution in [2.24, 2.45) is 0 Å². The third-order valence-electron chi connectivity index (χ3n) is 5.30. The van der Waals surface area contributed by atoms with Gasteiger partial charge in [-0.1, -0.05) is 30.3 Å². The van der Waals surface area contributed by atoms with Crippen molar-refractivity contribution in [3.8, 4) is 11.5 Å². The Labute approximate surface area is 186 Å². The normalized spacial score (nSPS) is 15.8. The van der Waals surface area contributed by atoms with Gasteiger partial charge in [0.1, 0.15) is 11.5 Å². The summed E-state index contributed by atoms with van der Waals surface area (Å²) >= 11 is 5.42. The number of nitrogens with one attached hydrogen (secondary N) is 3. The standard InChI is InChI=1S/C24H23N3O3S/c1-14-20(23(28)26-16-9-11-17(29-2)12-10-16)22(27-24(31)25-14)21-18-7-5-4-6-15(18)8-13-19(21)30-3/h4-13,22H,1-3H3,(H,26,28)(H2,25,27,31)/t22-/m0/s1. The Hall–Kier alpha value is -3.58. The molecule has 1 atom stereocenters. The van der Waals surface area contributed by atoms with Gasteiger partial charge in [-0.3, -0.25) is 4.79 Å². The van der Waals surface area contributed by atoms with E-state index >= 15 is 0 Å². The van der Waals surface area contributed by atoms with Crippen LogP contribution in [0.25, 0.3) is 10.8 Å². The van der Waals surface area contributed by atoms with Crippen LogP contribution in [0.1, 0.15) is 18.5 Å². The quantitative estimate of drug-likeness (QED) is 0.522. The number of hydrogen-bond donors (Lipinski definition) is 3. The Morgan fingerprint density at radius 1 is 1.00 bits per heavy atom. The van der Waals surface area contributed by atoms with Gasteiger partial charge in [0.2, 0.25) is 0 Å². The van der Waals surface area contributed by atoms with E-state index in [2.05, 4.69) is 16.0 Å². The third kappa shape index (κ3) is 4.04. The van der Waals surface area contributed by atoms with Crippen LogP contribution < -0.4 is 25.4 Å². The zero-order valence-electron chi connectivity index (χ0n) is 17.5. The molecule has 1 amide bonds. The van der Waals surface area contributed by atoms with Gasteiger partial charge in [-0.25, -0.2) is 0 Å². The number of ether oxygens (including phenoxy) is 2. The molecule has 0 spiro atoms. The summed E-state index contributed by atoms with van der Waals surface area (Å²) in [6.45, 7) is 1.85. The van der Waals surface area contributed by atoms with Crippen LogP contribution in [0.5, 0.6) is 11.5 Å². The predicted molar refractivity (Wildman–Crippen MR) is 126 cm³/mol. The third-order valence-corrected chi connectivity index (χ3v) is 5.52.